The number of hydrogen-bond acceptors (Lipinski definition) is 2. The lowest BCUT2D eigenvalue weighted by Crippen LogP contribution is -2.37. The van der Waals surface area contributed by atoms with Gasteiger partial charge in [0.05, 0.1) is 0 Å². The van der Waals surface area contributed by atoms with Crippen molar-refractivity contribution in [2.24, 2.45) is 5.41 Å². The monoisotopic (exact) mass is 256 g/mol. The van der Waals surface area contributed by atoms with Crippen molar-refractivity contribution in [3.8, 4) is 0 Å². The summed E-state index contributed by atoms with van der Waals surface area (Å²) in [6.45, 7) is 5.16. The van der Waals surface area contributed by atoms with Crippen LogP contribution in [0, 0.1) is 5.41 Å². The van der Waals surface area contributed by atoms with Gasteiger partial charge in [-0.3, -0.25) is 9.59 Å². The first-order valence-corrected chi connectivity index (χ1v) is 5.99. The summed E-state index contributed by atoms with van der Waals surface area (Å²) in [6, 6.07) is 8.61. The fourth-order valence-corrected chi connectivity index (χ4v) is 1.84. The number of hydrogen-bond donors (Lipinski definition) is 0. The predicted molar refractivity (Wildman–Crippen MR) is 73.0 cm³/mol. The summed E-state index contributed by atoms with van der Waals surface area (Å²) in [7, 11) is 0. The van der Waals surface area contributed by atoms with Crippen LogP contribution in [0.2, 0.25) is 0 Å². The summed E-state index contributed by atoms with van der Waals surface area (Å²) in [5.41, 5.74) is 7.73. The highest BCUT2D eigenvalue weighted by Crippen LogP contribution is 2.29. The van der Waals surface area contributed by atoms with Gasteiger partial charge < -0.3 is 5.53 Å². The van der Waals surface area contributed by atoms with Crippen LogP contribution in [-0.4, -0.2) is 22.6 Å². The number of Topliss-reactive ketones (excluding diaryl/α,β-unsaturated/α-hetero) is 2. The Morgan fingerprint density at radius 3 is 2.53 bits per heavy atom. The fourth-order valence-electron chi connectivity index (χ4n) is 1.84. The summed E-state index contributed by atoms with van der Waals surface area (Å²) < 4.78 is 0. The number of benzene rings is 1. The Hall–Kier alpha value is -2.32. The molecule has 4 heteroatoms. The zero-order valence-corrected chi connectivity index (χ0v) is 10.9. The van der Waals surface area contributed by atoms with Gasteiger partial charge in [-0.05, 0) is 19.8 Å². The first-order valence-electron chi connectivity index (χ1n) is 5.99. The molecule has 0 bridgehead atoms. The van der Waals surface area contributed by atoms with Crippen LogP contribution in [0.15, 0.2) is 43.0 Å². The predicted octanol–water partition coefficient (Wildman–Crippen LogP) is 2.71. The largest absolute Gasteiger partial charge is 0.361 e. The molecule has 1 atom stereocenters. The lowest BCUT2D eigenvalue weighted by Gasteiger charge is -2.23. The molecule has 0 aromatic heterocycles. The highest BCUT2D eigenvalue weighted by molar-refractivity contribution is 6.35. The van der Waals surface area contributed by atoms with Gasteiger partial charge in [0.25, 0.3) is 0 Å². The SMILES string of the molecule is C=CCCC(C)(C(=O)C=[N+]=[N-])C(=O)c1ccccc1. The maximum atomic E-state index is 12.5. The minimum absolute atomic E-state index is 0.278. The zero-order chi connectivity index (χ0) is 14.3. The van der Waals surface area contributed by atoms with Crippen LogP contribution >= 0.6 is 0 Å². The van der Waals surface area contributed by atoms with Gasteiger partial charge in [0, 0.05) is 5.56 Å². The molecular formula is C15H16N2O2. The maximum Gasteiger partial charge on any atom is 0.324 e. The van der Waals surface area contributed by atoms with Crippen LogP contribution in [0.4, 0.5) is 0 Å². The van der Waals surface area contributed by atoms with Crippen molar-refractivity contribution in [3.63, 3.8) is 0 Å². The highest BCUT2D eigenvalue weighted by atomic mass is 16.2. The van der Waals surface area contributed by atoms with E-state index in [1.165, 1.54) is 0 Å². The molecular weight excluding hydrogens is 240 g/mol. The molecule has 1 aromatic rings. The van der Waals surface area contributed by atoms with E-state index in [9.17, 15) is 9.59 Å². The Bertz CT molecular complexity index is 530. The first kappa shape index (κ1) is 14.7. The Morgan fingerprint density at radius 1 is 1.37 bits per heavy atom. The summed E-state index contributed by atoms with van der Waals surface area (Å²) >= 11 is 0. The van der Waals surface area contributed by atoms with Gasteiger partial charge in [-0.2, -0.15) is 4.79 Å². The van der Waals surface area contributed by atoms with Crippen LogP contribution in [0.3, 0.4) is 0 Å². The molecule has 0 amide bonds. The summed E-state index contributed by atoms with van der Waals surface area (Å²) in [4.78, 5) is 27.2. The van der Waals surface area contributed by atoms with Crippen molar-refractivity contribution in [2.45, 2.75) is 19.8 Å². The molecule has 0 N–H and O–H groups in total. The average molecular weight is 256 g/mol. The first-order chi connectivity index (χ1) is 9.06. The molecule has 98 valence electrons. The van der Waals surface area contributed by atoms with E-state index in [0.717, 1.165) is 6.21 Å². The Morgan fingerprint density at radius 2 is 2.00 bits per heavy atom. The van der Waals surface area contributed by atoms with Gasteiger partial charge >= 0.3 is 6.21 Å². The van der Waals surface area contributed by atoms with Gasteiger partial charge in [0.15, 0.2) is 5.78 Å². The molecule has 0 aliphatic carbocycles. The van der Waals surface area contributed by atoms with Gasteiger partial charge in [-0.15, -0.1) is 6.58 Å². The number of allylic oxidation sites excluding steroid dienone is 1. The smallest absolute Gasteiger partial charge is 0.324 e. The third-order valence-corrected chi connectivity index (χ3v) is 3.10. The molecule has 0 fully saturated rings. The number of carbonyl (C=O) groups excluding carboxylic acids is 2. The van der Waals surface area contributed by atoms with E-state index in [1.807, 2.05) is 0 Å². The van der Waals surface area contributed by atoms with Crippen molar-refractivity contribution in [2.75, 3.05) is 0 Å². The van der Waals surface area contributed by atoms with Crippen molar-refractivity contribution in [1.29, 1.82) is 0 Å². The van der Waals surface area contributed by atoms with Gasteiger partial charge in [0.1, 0.15) is 5.41 Å². The Kier molecular flexibility index (Phi) is 5.10. The quantitative estimate of drug-likeness (QED) is 0.188. The van der Waals surface area contributed by atoms with Crippen LogP contribution in [0.25, 0.3) is 5.53 Å². The molecule has 0 aliphatic heterocycles. The maximum absolute atomic E-state index is 12.5. The van der Waals surface area contributed by atoms with Crippen molar-refractivity contribution < 1.29 is 14.4 Å². The molecule has 4 nitrogen and oxygen atoms in total. The molecule has 0 saturated carbocycles. The van der Waals surface area contributed by atoms with E-state index in [1.54, 1.807) is 43.3 Å². The molecule has 1 rings (SSSR count). The van der Waals surface area contributed by atoms with Crippen LogP contribution in [-0.2, 0) is 4.79 Å². The molecule has 0 aliphatic rings. The molecule has 0 heterocycles. The molecule has 0 saturated heterocycles. The van der Waals surface area contributed by atoms with Crippen LogP contribution < -0.4 is 0 Å². The average Bonchev–Trinajstić information content (AvgIpc) is 2.45. The number of nitrogens with zero attached hydrogens (tertiary/aromatic N) is 2. The third-order valence-electron chi connectivity index (χ3n) is 3.10. The van der Waals surface area contributed by atoms with E-state index in [0.29, 0.717) is 18.4 Å². The van der Waals surface area contributed by atoms with Gasteiger partial charge in [-0.1, -0.05) is 36.4 Å². The third kappa shape index (κ3) is 3.33. The molecule has 0 radical (unpaired) electrons. The normalized spacial score (nSPS) is 12.9. The Balaban J connectivity index is 3.16. The zero-order valence-electron chi connectivity index (χ0n) is 10.9. The van der Waals surface area contributed by atoms with Crippen molar-refractivity contribution in [1.82, 2.24) is 0 Å². The summed E-state index contributed by atoms with van der Waals surface area (Å²) in [5, 5.41) is 0. The van der Waals surface area contributed by atoms with Crippen molar-refractivity contribution >= 4 is 17.8 Å². The van der Waals surface area contributed by atoms with Gasteiger partial charge in [0.2, 0.25) is 5.78 Å². The molecule has 19 heavy (non-hydrogen) atoms. The standard InChI is InChI=1S/C15H16N2O2/c1-3-4-10-15(2,13(18)11-17-16)14(19)12-8-6-5-7-9-12/h3,5-9,11H,1,4,10H2,2H3. The molecule has 1 aromatic carbocycles. The number of rotatable bonds is 7. The van der Waals surface area contributed by atoms with Crippen LogP contribution in [0.1, 0.15) is 30.1 Å². The van der Waals surface area contributed by atoms with Crippen molar-refractivity contribution in [3.05, 3.63) is 54.1 Å². The Labute approximate surface area is 112 Å². The lowest BCUT2D eigenvalue weighted by atomic mass is 9.75. The lowest BCUT2D eigenvalue weighted by molar-refractivity contribution is -0.122. The van der Waals surface area contributed by atoms with E-state index in [4.69, 9.17) is 5.53 Å². The minimum Gasteiger partial charge on any atom is -0.361 e. The summed E-state index contributed by atoms with van der Waals surface area (Å²) in [6.07, 6.45) is 3.29. The van der Waals surface area contributed by atoms with E-state index in [-0.39, 0.29) is 5.78 Å². The topological polar surface area (TPSA) is 70.5 Å². The fraction of sp³-hybridized carbons (Fsp3) is 0.267. The minimum atomic E-state index is -1.23. The highest BCUT2D eigenvalue weighted by Gasteiger charge is 2.41. The van der Waals surface area contributed by atoms with E-state index in [2.05, 4.69) is 11.4 Å². The van der Waals surface area contributed by atoms with E-state index < -0.39 is 11.2 Å². The molecule has 1 unspecified atom stereocenters. The molecule has 0 spiro atoms. The van der Waals surface area contributed by atoms with Crippen LogP contribution in [0.5, 0.6) is 0 Å². The number of carbonyl (C=O) groups is 2. The number of ketones is 2. The second kappa shape index (κ2) is 6.57. The second-order valence-corrected chi connectivity index (χ2v) is 4.46. The van der Waals surface area contributed by atoms with Gasteiger partial charge in [-0.25, -0.2) is 0 Å². The second-order valence-electron chi connectivity index (χ2n) is 4.46. The van der Waals surface area contributed by atoms with E-state index >= 15 is 0 Å². The summed E-state index contributed by atoms with van der Waals surface area (Å²) in [5.74, 6) is -0.787.